The van der Waals surface area contributed by atoms with E-state index >= 15 is 0 Å². The molecule has 0 unspecified atom stereocenters. The molecule has 1 rings (SSSR count). The van der Waals surface area contributed by atoms with E-state index in [1.54, 1.807) is 0 Å². The Morgan fingerprint density at radius 2 is 1.89 bits per heavy atom. The number of hydrogen-bond acceptors (Lipinski definition) is 2. The molecule has 1 N–H and O–H groups in total. The average Bonchev–Trinajstić information content (AvgIpc) is 2.29. The monoisotopic (exact) mass is 265 g/mol. The number of hydrogen-bond donors (Lipinski definition) is 2. The van der Waals surface area contributed by atoms with Gasteiger partial charge in [-0.25, -0.2) is 0 Å². The van der Waals surface area contributed by atoms with Crippen LogP contribution in [-0.2, 0) is 11.8 Å². The molecule has 0 saturated carbocycles. The van der Waals surface area contributed by atoms with Crippen molar-refractivity contribution in [2.45, 2.75) is 46.0 Å². The predicted octanol–water partition coefficient (Wildman–Crippen LogP) is 3.74. The molecule has 2 heteroatoms. The van der Waals surface area contributed by atoms with Gasteiger partial charge in [0.2, 0.25) is 0 Å². The highest BCUT2D eigenvalue weighted by molar-refractivity contribution is 7.80. The van der Waals surface area contributed by atoms with Crippen LogP contribution in [0, 0.1) is 6.92 Å². The average molecular weight is 265 g/mol. The molecule has 0 atom stereocenters. The van der Waals surface area contributed by atoms with Crippen LogP contribution in [-0.4, -0.2) is 18.8 Å². The first-order valence-corrected chi connectivity index (χ1v) is 7.50. The molecule has 0 aromatic heterocycles. The van der Waals surface area contributed by atoms with Crippen molar-refractivity contribution in [3.63, 3.8) is 0 Å². The maximum absolute atomic E-state index is 4.21. The maximum atomic E-state index is 4.21. The second kappa shape index (κ2) is 7.20. The van der Waals surface area contributed by atoms with E-state index in [4.69, 9.17) is 0 Å². The first kappa shape index (κ1) is 15.6. The van der Waals surface area contributed by atoms with Crippen LogP contribution < -0.4 is 5.32 Å². The lowest BCUT2D eigenvalue weighted by atomic mass is 9.85. The lowest BCUT2D eigenvalue weighted by Gasteiger charge is -2.20. The Morgan fingerprint density at radius 3 is 2.44 bits per heavy atom. The number of aryl methyl sites for hydroxylation is 1. The van der Waals surface area contributed by atoms with Crippen LogP contribution in [0.25, 0.3) is 0 Å². The molecule has 1 aromatic carbocycles. The number of benzene rings is 1. The van der Waals surface area contributed by atoms with Gasteiger partial charge in [0, 0.05) is 0 Å². The fourth-order valence-electron chi connectivity index (χ4n) is 2.00. The van der Waals surface area contributed by atoms with E-state index in [9.17, 15) is 0 Å². The Morgan fingerprint density at radius 1 is 1.17 bits per heavy atom. The van der Waals surface area contributed by atoms with E-state index in [0.29, 0.717) is 0 Å². The molecule has 0 saturated heterocycles. The number of nitrogens with one attached hydrogen (secondary N) is 1. The molecular formula is C16H27NS. The zero-order valence-electron chi connectivity index (χ0n) is 12.2. The first-order chi connectivity index (χ1) is 8.45. The molecule has 0 radical (unpaired) electrons. The van der Waals surface area contributed by atoms with Crippen LogP contribution in [0.3, 0.4) is 0 Å². The minimum absolute atomic E-state index is 0.244. The highest BCUT2D eigenvalue weighted by Gasteiger charge is 2.14. The second-order valence-corrected chi connectivity index (χ2v) is 6.42. The molecule has 102 valence electrons. The molecule has 0 spiro atoms. The number of rotatable bonds is 6. The van der Waals surface area contributed by atoms with Gasteiger partial charge in [0.05, 0.1) is 0 Å². The summed E-state index contributed by atoms with van der Waals surface area (Å²) in [5.41, 5.74) is 4.54. The molecule has 0 aliphatic carbocycles. The van der Waals surface area contributed by atoms with Crippen LogP contribution in [0.4, 0.5) is 0 Å². The third-order valence-electron chi connectivity index (χ3n) is 3.29. The van der Waals surface area contributed by atoms with E-state index in [0.717, 1.165) is 31.7 Å². The van der Waals surface area contributed by atoms with Crippen LogP contribution >= 0.6 is 12.6 Å². The van der Waals surface area contributed by atoms with Crippen LogP contribution in [0.15, 0.2) is 18.2 Å². The van der Waals surface area contributed by atoms with Crippen molar-refractivity contribution in [3.05, 3.63) is 34.9 Å². The van der Waals surface area contributed by atoms with E-state index in [1.807, 2.05) is 0 Å². The molecule has 0 amide bonds. The summed E-state index contributed by atoms with van der Waals surface area (Å²) in [7, 11) is 0. The lowest BCUT2D eigenvalue weighted by Crippen LogP contribution is -2.19. The maximum Gasteiger partial charge on any atom is -0.000825 e. The summed E-state index contributed by atoms with van der Waals surface area (Å²) < 4.78 is 0. The summed E-state index contributed by atoms with van der Waals surface area (Å²) in [6.07, 6.45) is 2.26. The van der Waals surface area contributed by atoms with Gasteiger partial charge in [0.1, 0.15) is 0 Å². The Labute approximate surface area is 118 Å². The molecule has 18 heavy (non-hydrogen) atoms. The summed E-state index contributed by atoms with van der Waals surface area (Å²) in [5, 5.41) is 3.46. The van der Waals surface area contributed by atoms with E-state index in [2.05, 4.69) is 63.8 Å². The van der Waals surface area contributed by atoms with Crippen molar-refractivity contribution >= 4 is 12.6 Å². The van der Waals surface area contributed by atoms with Gasteiger partial charge in [0.15, 0.2) is 0 Å². The summed E-state index contributed by atoms with van der Waals surface area (Å²) in [6, 6.07) is 6.90. The van der Waals surface area contributed by atoms with Crippen molar-refractivity contribution in [3.8, 4) is 0 Å². The van der Waals surface area contributed by atoms with E-state index in [1.165, 1.54) is 16.7 Å². The minimum Gasteiger partial charge on any atom is -0.316 e. The van der Waals surface area contributed by atoms with E-state index < -0.39 is 0 Å². The fourth-order valence-corrected chi connectivity index (χ4v) is 2.15. The van der Waals surface area contributed by atoms with Gasteiger partial charge < -0.3 is 5.32 Å². The predicted molar refractivity (Wildman–Crippen MR) is 84.9 cm³/mol. The van der Waals surface area contributed by atoms with Crippen molar-refractivity contribution in [1.82, 2.24) is 5.32 Å². The van der Waals surface area contributed by atoms with Crippen molar-refractivity contribution in [2.24, 2.45) is 0 Å². The molecule has 0 aliphatic rings. The van der Waals surface area contributed by atoms with Crippen LogP contribution in [0.2, 0.25) is 0 Å². The highest BCUT2D eigenvalue weighted by atomic mass is 32.1. The third-order valence-corrected chi connectivity index (χ3v) is 3.61. The first-order valence-electron chi connectivity index (χ1n) is 6.86. The van der Waals surface area contributed by atoms with Gasteiger partial charge in [0.25, 0.3) is 0 Å². The lowest BCUT2D eigenvalue weighted by molar-refractivity contribution is 0.589. The fraction of sp³-hybridized carbons (Fsp3) is 0.625. The Kier molecular flexibility index (Phi) is 6.24. The Balaban J connectivity index is 2.53. The van der Waals surface area contributed by atoms with Gasteiger partial charge in [-0.15, -0.1) is 0 Å². The standard InChI is InChI=1S/C16H27NS/c1-13-12-15(16(2,3)4)7-6-14(13)8-10-17-9-5-11-18/h6-7,12,17-18H,5,8-11H2,1-4H3. The van der Waals surface area contributed by atoms with E-state index in [-0.39, 0.29) is 5.41 Å². The Hall–Kier alpha value is -0.470. The summed E-state index contributed by atoms with van der Waals surface area (Å²) in [5.74, 6) is 0.965. The van der Waals surface area contributed by atoms with Gasteiger partial charge in [-0.1, -0.05) is 39.0 Å². The zero-order chi connectivity index (χ0) is 13.6. The molecule has 0 bridgehead atoms. The SMILES string of the molecule is Cc1cc(C(C)(C)C)ccc1CCNCCCS. The quantitative estimate of drug-likeness (QED) is 0.590. The minimum atomic E-state index is 0.244. The zero-order valence-corrected chi connectivity index (χ0v) is 13.1. The highest BCUT2D eigenvalue weighted by Crippen LogP contribution is 2.24. The van der Waals surface area contributed by atoms with Crippen LogP contribution in [0.1, 0.15) is 43.9 Å². The third kappa shape index (κ3) is 5.03. The Bertz CT molecular complexity index is 366. The van der Waals surface area contributed by atoms with Gasteiger partial charge in [-0.3, -0.25) is 0 Å². The molecule has 0 fully saturated rings. The largest absolute Gasteiger partial charge is 0.316 e. The smallest absolute Gasteiger partial charge is 0.000825 e. The molecule has 0 aliphatic heterocycles. The summed E-state index contributed by atoms with van der Waals surface area (Å²) in [6.45, 7) is 11.1. The summed E-state index contributed by atoms with van der Waals surface area (Å²) in [4.78, 5) is 0. The molecular weight excluding hydrogens is 238 g/mol. The second-order valence-electron chi connectivity index (χ2n) is 5.97. The molecule has 1 aromatic rings. The molecule has 1 nitrogen and oxygen atoms in total. The summed E-state index contributed by atoms with van der Waals surface area (Å²) >= 11 is 4.21. The molecule has 0 heterocycles. The number of thiol groups is 1. The van der Waals surface area contributed by atoms with Gasteiger partial charge in [-0.2, -0.15) is 12.6 Å². The van der Waals surface area contributed by atoms with Crippen molar-refractivity contribution in [1.29, 1.82) is 0 Å². The van der Waals surface area contributed by atoms with Crippen molar-refractivity contribution < 1.29 is 0 Å². The normalized spacial score (nSPS) is 11.8. The van der Waals surface area contributed by atoms with Crippen LogP contribution in [0.5, 0.6) is 0 Å². The van der Waals surface area contributed by atoms with Crippen molar-refractivity contribution in [2.75, 3.05) is 18.8 Å². The van der Waals surface area contributed by atoms with Gasteiger partial charge >= 0.3 is 0 Å². The topological polar surface area (TPSA) is 12.0 Å². The van der Waals surface area contributed by atoms with Gasteiger partial charge in [-0.05, 0) is 60.7 Å².